The SMILES string of the molecule is CNC(C)(C)Cc1cc([N+](=O)[O-])ccc1C. The van der Waals surface area contributed by atoms with Crippen molar-refractivity contribution in [2.75, 3.05) is 7.05 Å². The lowest BCUT2D eigenvalue weighted by Crippen LogP contribution is -2.38. The molecular weight excluding hydrogens is 204 g/mol. The van der Waals surface area contributed by atoms with E-state index in [0.717, 1.165) is 17.5 Å². The molecule has 0 aliphatic rings. The number of aryl methyl sites for hydroxylation is 1. The molecule has 0 aromatic heterocycles. The van der Waals surface area contributed by atoms with Crippen LogP contribution in [0.5, 0.6) is 0 Å². The first-order valence-electron chi connectivity index (χ1n) is 5.28. The van der Waals surface area contributed by atoms with Crippen LogP contribution >= 0.6 is 0 Å². The molecule has 1 rings (SSSR count). The molecule has 0 atom stereocenters. The Morgan fingerprint density at radius 1 is 1.44 bits per heavy atom. The lowest BCUT2D eigenvalue weighted by molar-refractivity contribution is -0.384. The summed E-state index contributed by atoms with van der Waals surface area (Å²) in [4.78, 5) is 10.3. The van der Waals surface area contributed by atoms with Gasteiger partial charge in [-0.3, -0.25) is 10.1 Å². The summed E-state index contributed by atoms with van der Waals surface area (Å²) in [5.41, 5.74) is 2.22. The van der Waals surface area contributed by atoms with E-state index >= 15 is 0 Å². The van der Waals surface area contributed by atoms with Gasteiger partial charge in [0.15, 0.2) is 0 Å². The first kappa shape index (κ1) is 12.6. The minimum Gasteiger partial charge on any atom is -0.314 e. The summed E-state index contributed by atoms with van der Waals surface area (Å²) in [7, 11) is 1.90. The summed E-state index contributed by atoms with van der Waals surface area (Å²) in [5, 5.41) is 13.9. The fourth-order valence-electron chi connectivity index (χ4n) is 1.53. The normalized spacial score (nSPS) is 11.5. The molecule has 0 aliphatic carbocycles. The second-order valence-corrected chi connectivity index (χ2v) is 4.68. The van der Waals surface area contributed by atoms with E-state index in [1.165, 1.54) is 0 Å². The fraction of sp³-hybridized carbons (Fsp3) is 0.500. The van der Waals surface area contributed by atoms with E-state index in [9.17, 15) is 10.1 Å². The van der Waals surface area contributed by atoms with E-state index < -0.39 is 0 Å². The van der Waals surface area contributed by atoms with E-state index in [1.54, 1.807) is 18.2 Å². The molecule has 0 saturated heterocycles. The van der Waals surface area contributed by atoms with Gasteiger partial charge in [-0.05, 0) is 45.4 Å². The van der Waals surface area contributed by atoms with E-state index in [2.05, 4.69) is 19.2 Å². The van der Waals surface area contributed by atoms with Crippen molar-refractivity contribution in [2.45, 2.75) is 32.7 Å². The van der Waals surface area contributed by atoms with Crippen LogP contribution in [0.15, 0.2) is 18.2 Å². The number of non-ortho nitro benzene ring substituents is 1. The average molecular weight is 222 g/mol. The molecule has 1 N–H and O–H groups in total. The zero-order valence-electron chi connectivity index (χ0n) is 10.2. The predicted octanol–water partition coefficient (Wildman–Crippen LogP) is 2.44. The molecular formula is C12H18N2O2. The molecule has 4 nitrogen and oxygen atoms in total. The van der Waals surface area contributed by atoms with E-state index in [0.29, 0.717) is 0 Å². The highest BCUT2D eigenvalue weighted by molar-refractivity contribution is 5.40. The second kappa shape index (κ2) is 4.61. The van der Waals surface area contributed by atoms with Crippen LogP contribution in [0.4, 0.5) is 5.69 Å². The summed E-state index contributed by atoms with van der Waals surface area (Å²) in [6.45, 7) is 6.13. The van der Waals surface area contributed by atoms with Crippen LogP contribution in [0.25, 0.3) is 0 Å². The molecule has 16 heavy (non-hydrogen) atoms. The number of hydrogen-bond donors (Lipinski definition) is 1. The van der Waals surface area contributed by atoms with Gasteiger partial charge in [-0.1, -0.05) is 6.07 Å². The Hall–Kier alpha value is -1.42. The monoisotopic (exact) mass is 222 g/mol. The number of nitro benzene ring substituents is 1. The molecule has 1 aromatic rings. The molecule has 0 aliphatic heterocycles. The van der Waals surface area contributed by atoms with Crippen molar-refractivity contribution in [3.05, 3.63) is 39.4 Å². The maximum Gasteiger partial charge on any atom is 0.269 e. The predicted molar refractivity (Wildman–Crippen MR) is 64.7 cm³/mol. The third-order valence-corrected chi connectivity index (χ3v) is 2.85. The lowest BCUT2D eigenvalue weighted by atomic mass is 9.92. The maximum absolute atomic E-state index is 10.7. The van der Waals surface area contributed by atoms with Crippen LogP contribution in [0, 0.1) is 17.0 Å². The van der Waals surface area contributed by atoms with Crippen molar-refractivity contribution in [1.29, 1.82) is 0 Å². The third-order valence-electron chi connectivity index (χ3n) is 2.85. The van der Waals surface area contributed by atoms with Gasteiger partial charge in [-0.25, -0.2) is 0 Å². The molecule has 1 aromatic carbocycles. The number of nitro groups is 1. The summed E-state index contributed by atoms with van der Waals surface area (Å²) in [6, 6.07) is 5.01. The topological polar surface area (TPSA) is 55.2 Å². The molecule has 4 heteroatoms. The Morgan fingerprint density at radius 2 is 2.06 bits per heavy atom. The van der Waals surface area contributed by atoms with Gasteiger partial charge < -0.3 is 5.32 Å². The molecule has 0 radical (unpaired) electrons. The molecule has 0 heterocycles. The van der Waals surface area contributed by atoms with Gasteiger partial charge in [-0.2, -0.15) is 0 Å². The Morgan fingerprint density at radius 3 is 2.56 bits per heavy atom. The van der Waals surface area contributed by atoms with Gasteiger partial charge in [0.2, 0.25) is 0 Å². The molecule has 0 amide bonds. The van der Waals surface area contributed by atoms with Crippen molar-refractivity contribution in [1.82, 2.24) is 5.32 Å². The highest BCUT2D eigenvalue weighted by Crippen LogP contribution is 2.21. The summed E-state index contributed by atoms with van der Waals surface area (Å²) < 4.78 is 0. The van der Waals surface area contributed by atoms with Gasteiger partial charge in [0.05, 0.1) is 4.92 Å². The largest absolute Gasteiger partial charge is 0.314 e. The molecule has 0 spiro atoms. The van der Waals surface area contributed by atoms with E-state index in [4.69, 9.17) is 0 Å². The van der Waals surface area contributed by atoms with Gasteiger partial charge in [0.1, 0.15) is 0 Å². The van der Waals surface area contributed by atoms with Crippen LogP contribution in [0.1, 0.15) is 25.0 Å². The van der Waals surface area contributed by atoms with Crippen LogP contribution in [-0.4, -0.2) is 17.5 Å². The van der Waals surface area contributed by atoms with E-state index in [-0.39, 0.29) is 16.1 Å². The highest BCUT2D eigenvalue weighted by Gasteiger charge is 2.18. The Balaban J connectivity index is 3.03. The molecule has 0 saturated carbocycles. The standard InChI is InChI=1S/C12H18N2O2/c1-9-5-6-11(14(15)16)7-10(9)8-12(2,3)13-4/h5-7,13H,8H2,1-4H3. The van der Waals surface area contributed by atoms with Crippen LogP contribution in [0.2, 0.25) is 0 Å². The number of rotatable bonds is 4. The number of likely N-dealkylation sites (N-methyl/N-ethyl adjacent to an activating group) is 1. The van der Waals surface area contributed by atoms with Crippen molar-refractivity contribution in [3.8, 4) is 0 Å². The molecule has 88 valence electrons. The molecule has 0 bridgehead atoms. The van der Waals surface area contributed by atoms with Crippen molar-refractivity contribution >= 4 is 5.69 Å². The minimum absolute atomic E-state index is 0.0556. The van der Waals surface area contributed by atoms with Crippen LogP contribution in [-0.2, 0) is 6.42 Å². The first-order valence-corrected chi connectivity index (χ1v) is 5.28. The summed E-state index contributed by atoms with van der Waals surface area (Å²) in [6.07, 6.45) is 0.775. The van der Waals surface area contributed by atoms with Gasteiger partial charge in [-0.15, -0.1) is 0 Å². The first-order chi connectivity index (χ1) is 7.35. The van der Waals surface area contributed by atoms with Gasteiger partial charge >= 0.3 is 0 Å². The van der Waals surface area contributed by atoms with Crippen molar-refractivity contribution in [3.63, 3.8) is 0 Å². The fourth-order valence-corrected chi connectivity index (χ4v) is 1.53. The van der Waals surface area contributed by atoms with Gasteiger partial charge in [0.25, 0.3) is 5.69 Å². The Labute approximate surface area is 95.8 Å². The second-order valence-electron chi connectivity index (χ2n) is 4.68. The molecule has 0 unspecified atom stereocenters. The third kappa shape index (κ3) is 3.03. The average Bonchev–Trinajstić information content (AvgIpc) is 2.21. The lowest BCUT2D eigenvalue weighted by Gasteiger charge is -2.24. The highest BCUT2D eigenvalue weighted by atomic mass is 16.6. The quantitative estimate of drug-likeness (QED) is 0.629. The van der Waals surface area contributed by atoms with Crippen molar-refractivity contribution in [2.24, 2.45) is 0 Å². The van der Waals surface area contributed by atoms with Gasteiger partial charge in [0, 0.05) is 17.7 Å². The number of benzene rings is 1. The van der Waals surface area contributed by atoms with Crippen LogP contribution in [0.3, 0.4) is 0 Å². The van der Waals surface area contributed by atoms with E-state index in [1.807, 2.05) is 14.0 Å². The Kier molecular flexibility index (Phi) is 3.65. The summed E-state index contributed by atoms with van der Waals surface area (Å²) in [5.74, 6) is 0. The van der Waals surface area contributed by atoms with Crippen molar-refractivity contribution < 1.29 is 4.92 Å². The summed E-state index contributed by atoms with van der Waals surface area (Å²) >= 11 is 0. The maximum atomic E-state index is 10.7. The minimum atomic E-state index is -0.352. The zero-order valence-corrected chi connectivity index (χ0v) is 10.2. The number of nitrogens with one attached hydrogen (secondary N) is 1. The smallest absolute Gasteiger partial charge is 0.269 e. The molecule has 0 fully saturated rings. The Bertz CT molecular complexity index is 400. The number of hydrogen-bond acceptors (Lipinski definition) is 3. The van der Waals surface area contributed by atoms with Crippen LogP contribution < -0.4 is 5.32 Å². The zero-order chi connectivity index (χ0) is 12.3. The number of nitrogens with zero attached hydrogens (tertiary/aromatic N) is 1.